The first-order valence-electron chi connectivity index (χ1n) is 17.9. The van der Waals surface area contributed by atoms with Gasteiger partial charge in [-0.05, 0) is 89.5 Å². The van der Waals surface area contributed by atoms with Crippen LogP contribution in [-0.4, -0.2) is 23.1 Å². The van der Waals surface area contributed by atoms with Crippen LogP contribution in [0.3, 0.4) is 0 Å². The van der Waals surface area contributed by atoms with Crippen molar-refractivity contribution in [1.82, 2.24) is 0 Å². The number of carboxylic acid groups (broad SMARTS) is 1. The minimum Gasteiger partial charge on any atom is -0.481 e. The molecule has 0 rings (SSSR count). The van der Waals surface area contributed by atoms with Crippen LogP contribution in [0.5, 0.6) is 0 Å². The molecule has 0 aromatic rings. The average molecular weight is 611 g/mol. The Kier molecular flexibility index (Phi) is 32.8. The number of ether oxygens (including phenoxy) is 1. The molecule has 0 aromatic carbocycles. The van der Waals surface area contributed by atoms with Crippen molar-refractivity contribution >= 4 is 11.9 Å². The first-order chi connectivity index (χ1) is 21.6. The summed E-state index contributed by atoms with van der Waals surface area (Å²) in [5.41, 5.74) is 0. The molecular formula is C40H66O4. The highest BCUT2D eigenvalue weighted by molar-refractivity contribution is 5.69. The first kappa shape index (κ1) is 41.4. The van der Waals surface area contributed by atoms with E-state index >= 15 is 0 Å². The van der Waals surface area contributed by atoms with Crippen molar-refractivity contribution in [2.45, 2.75) is 168 Å². The second-order valence-electron chi connectivity index (χ2n) is 11.7. The predicted molar refractivity (Wildman–Crippen MR) is 190 cm³/mol. The van der Waals surface area contributed by atoms with Crippen LogP contribution >= 0.6 is 0 Å². The van der Waals surface area contributed by atoms with Crippen molar-refractivity contribution < 1.29 is 19.4 Å². The SMILES string of the molecule is CC/C=C\C/C=C\C/C=C\C/C=C\C/C=C\CCCCCC(=O)OC(/C=C\CCCCCCCC)CCCCCCC(=O)O. The van der Waals surface area contributed by atoms with Crippen molar-refractivity contribution in [3.63, 3.8) is 0 Å². The normalized spacial score (nSPS) is 13.1. The van der Waals surface area contributed by atoms with Gasteiger partial charge >= 0.3 is 11.9 Å². The quantitative estimate of drug-likeness (QED) is 0.0482. The number of carbonyl (C=O) groups is 2. The third-order valence-electron chi connectivity index (χ3n) is 7.40. The van der Waals surface area contributed by atoms with Crippen LogP contribution in [-0.2, 0) is 14.3 Å². The van der Waals surface area contributed by atoms with E-state index in [1.165, 1.54) is 38.5 Å². The maximum absolute atomic E-state index is 12.5. The van der Waals surface area contributed by atoms with Crippen molar-refractivity contribution in [1.29, 1.82) is 0 Å². The number of carboxylic acids is 1. The Morgan fingerprint density at radius 2 is 1.02 bits per heavy atom. The number of allylic oxidation sites excluding steroid dienone is 11. The summed E-state index contributed by atoms with van der Waals surface area (Å²) in [6, 6.07) is 0. The Balaban J connectivity index is 4.09. The van der Waals surface area contributed by atoms with E-state index in [2.05, 4.69) is 86.8 Å². The van der Waals surface area contributed by atoms with Crippen LogP contribution < -0.4 is 0 Å². The highest BCUT2D eigenvalue weighted by Crippen LogP contribution is 2.14. The molecule has 0 aliphatic rings. The molecule has 0 aliphatic heterocycles. The summed E-state index contributed by atoms with van der Waals surface area (Å²) >= 11 is 0. The second-order valence-corrected chi connectivity index (χ2v) is 11.7. The summed E-state index contributed by atoms with van der Waals surface area (Å²) in [5.74, 6) is -0.827. The molecule has 0 spiro atoms. The van der Waals surface area contributed by atoms with Crippen LogP contribution in [0, 0.1) is 0 Å². The van der Waals surface area contributed by atoms with Gasteiger partial charge in [-0.1, -0.05) is 132 Å². The number of hydrogen-bond donors (Lipinski definition) is 1. The molecule has 0 aliphatic carbocycles. The topological polar surface area (TPSA) is 63.6 Å². The Bertz CT molecular complexity index is 830. The third-order valence-corrected chi connectivity index (χ3v) is 7.40. The fourth-order valence-corrected chi connectivity index (χ4v) is 4.76. The standard InChI is InChI=1S/C40H66O4/c1-3-5-7-9-11-13-14-15-16-17-18-19-20-21-22-23-25-27-33-37-40(43)44-38(35-31-28-29-32-36-39(41)42)34-30-26-24-12-10-8-6-4-2/h5,7,11,13,15-16,18-19,21-22,30,34,38H,3-4,6,8-10,12,14,17,20,23-29,31-33,35-37H2,1-2H3,(H,41,42)/b7-5-,13-11-,16-15-,19-18-,22-21-,34-30-. The van der Waals surface area contributed by atoms with E-state index in [0.717, 1.165) is 89.9 Å². The van der Waals surface area contributed by atoms with Gasteiger partial charge in [0.25, 0.3) is 0 Å². The lowest BCUT2D eigenvalue weighted by Gasteiger charge is -2.15. The first-order valence-corrected chi connectivity index (χ1v) is 17.9. The van der Waals surface area contributed by atoms with Gasteiger partial charge in [0.1, 0.15) is 6.10 Å². The molecule has 250 valence electrons. The van der Waals surface area contributed by atoms with E-state index in [-0.39, 0.29) is 18.5 Å². The number of unbranched alkanes of at least 4 members (excludes halogenated alkanes) is 12. The van der Waals surface area contributed by atoms with Crippen LogP contribution in [0.15, 0.2) is 72.9 Å². The zero-order valence-corrected chi connectivity index (χ0v) is 28.4. The van der Waals surface area contributed by atoms with E-state index in [1.54, 1.807) is 0 Å². The fourth-order valence-electron chi connectivity index (χ4n) is 4.76. The summed E-state index contributed by atoms with van der Waals surface area (Å²) in [7, 11) is 0. The zero-order chi connectivity index (χ0) is 32.2. The monoisotopic (exact) mass is 610 g/mol. The second kappa shape index (κ2) is 34.9. The molecule has 4 heteroatoms. The highest BCUT2D eigenvalue weighted by Gasteiger charge is 2.11. The van der Waals surface area contributed by atoms with E-state index in [1.807, 2.05) is 0 Å². The average Bonchev–Trinajstić information content (AvgIpc) is 3.01. The maximum Gasteiger partial charge on any atom is 0.306 e. The van der Waals surface area contributed by atoms with E-state index < -0.39 is 5.97 Å². The Hall–Kier alpha value is -2.62. The van der Waals surface area contributed by atoms with Crippen molar-refractivity contribution in [3.8, 4) is 0 Å². The summed E-state index contributed by atoms with van der Waals surface area (Å²) in [4.78, 5) is 23.2. The largest absolute Gasteiger partial charge is 0.481 e. The van der Waals surface area contributed by atoms with Crippen LogP contribution in [0.4, 0.5) is 0 Å². The Morgan fingerprint density at radius 1 is 0.545 bits per heavy atom. The van der Waals surface area contributed by atoms with Crippen LogP contribution in [0.25, 0.3) is 0 Å². The van der Waals surface area contributed by atoms with E-state index in [0.29, 0.717) is 12.8 Å². The molecule has 0 bridgehead atoms. The van der Waals surface area contributed by atoms with Crippen LogP contribution in [0.1, 0.15) is 162 Å². The molecule has 1 atom stereocenters. The van der Waals surface area contributed by atoms with Crippen LogP contribution in [0.2, 0.25) is 0 Å². The lowest BCUT2D eigenvalue weighted by molar-refractivity contribution is -0.147. The van der Waals surface area contributed by atoms with Gasteiger partial charge in [-0.25, -0.2) is 0 Å². The van der Waals surface area contributed by atoms with Gasteiger partial charge in [-0.2, -0.15) is 0 Å². The highest BCUT2D eigenvalue weighted by atomic mass is 16.5. The van der Waals surface area contributed by atoms with Gasteiger partial charge in [0.15, 0.2) is 0 Å². The predicted octanol–water partition coefficient (Wildman–Crippen LogP) is 12.3. The molecule has 0 saturated heterocycles. The molecule has 0 saturated carbocycles. The molecular weight excluding hydrogens is 544 g/mol. The van der Waals surface area contributed by atoms with Crippen molar-refractivity contribution in [3.05, 3.63) is 72.9 Å². The minimum atomic E-state index is -0.729. The number of esters is 1. The molecule has 1 unspecified atom stereocenters. The van der Waals surface area contributed by atoms with Gasteiger partial charge < -0.3 is 9.84 Å². The summed E-state index contributed by atoms with van der Waals surface area (Å²) in [6.07, 6.45) is 49.2. The number of hydrogen-bond acceptors (Lipinski definition) is 3. The fraction of sp³-hybridized carbons (Fsp3) is 0.650. The van der Waals surface area contributed by atoms with E-state index in [4.69, 9.17) is 9.84 Å². The Morgan fingerprint density at radius 3 is 1.64 bits per heavy atom. The molecule has 0 fully saturated rings. The summed E-state index contributed by atoms with van der Waals surface area (Å²) in [6.45, 7) is 4.40. The van der Waals surface area contributed by atoms with Gasteiger partial charge in [-0.3, -0.25) is 9.59 Å². The summed E-state index contributed by atoms with van der Waals surface area (Å²) < 4.78 is 5.84. The lowest BCUT2D eigenvalue weighted by atomic mass is 10.1. The minimum absolute atomic E-state index is 0.0972. The lowest BCUT2D eigenvalue weighted by Crippen LogP contribution is -2.16. The summed E-state index contributed by atoms with van der Waals surface area (Å²) in [5, 5.41) is 8.81. The third kappa shape index (κ3) is 33.9. The molecule has 1 N–H and O–H groups in total. The molecule has 0 radical (unpaired) electrons. The zero-order valence-electron chi connectivity index (χ0n) is 28.4. The molecule has 0 aromatic heterocycles. The number of rotatable bonds is 31. The number of aliphatic carboxylic acids is 1. The van der Waals surface area contributed by atoms with Gasteiger partial charge in [0.2, 0.25) is 0 Å². The number of carbonyl (C=O) groups excluding carboxylic acids is 1. The molecule has 44 heavy (non-hydrogen) atoms. The maximum atomic E-state index is 12.5. The smallest absolute Gasteiger partial charge is 0.306 e. The molecule has 0 amide bonds. The van der Waals surface area contributed by atoms with Crippen molar-refractivity contribution in [2.24, 2.45) is 0 Å². The molecule has 4 nitrogen and oxygen atoms in total. The van der Waals surface area contributed by atoms with Crippen molar-refractivity contribution in [2.75, 3.05) is 0 Å². The van der Waals surface area contributed by atoms with E-state index in [9.17, 15) is 9.59 Å². The van der Waals surface area contributed by atoms with Gasteiger partial charge in [0, 0.05) is 12.8 Å². The van der Waals surface area contributed by atoms with Gasteiger partial charge in [-0.15, -0.1) is 0 Å². The Labute approximate surface area is 271 Å². The molecule has 0 heterocycles. The van der Waals surface area contributed by atoms with Gasteiger partial charge in [0.05, 0.1) is 0 Å².